The van der Waals surface area contributed by atoms with Gasteiger partial charge in [-0.15, -0.1) is 0 Å². The molecule has 0 aromatic rings. The first-order valence-electron chi connectivity index (χ1n) is 5.72. The largest absolute Gasteiger partial charge is 0.383 e. The van der Waals surface area contributed by atoms with Crippen molar-refractivity contribution in [1.82, 2.24) is 10.2 Å². The van der Waals surface area contributed by atoms with E-state index in [1.807, 2.05) is 0 Å². The number of hydrogen-bond donors (Lipinski definition) is 1. The van der Waals surface area contributed by atoms with Crippen LogP contribution in [0.3, 0.4) is 0 Å². The Kier molecular flexibility index (Phi) is 5.44. The van der Waals surface area contributed by atoms with Gasteiger partial charge in [-0.2, -0.15) is 0 Å². The maximum Gasteiger partial charge on any atom is 0.169 e. The third-order valence-electron chi connectivity index (χ3n) is 2.66. The van der Waals surface area contributed by atoms with E-state index in [4.69, 9.17) is 21.7 Å². The Morgan fingerprint density at radius 2 is 2.31 bits per heavy atom. The molecule has 0 aliphatic carbocycles. The van der Waals surface area contributed by atoms with E-state index in [2.05, 4.69) is 31.0 Å². The van der Waals surface area contributed by atoms with Crippen molar-refractivity contribution in [2.75, 3.05) is 26.9 Å². The van der Waals surface area contributed by atoms with E-state index < -0.39 is 0 Å². The van der Waals surface area contributed by atoms with E-state index >= 15 is 0 Å². The highest BCUT2D eigenvalue weighted by Gasteiger charge is 2.25. The van der Waals surface area contributed by atoms with Crippen molar-refractivity contribution in [2.24, 2.45) is 0 Å². The molecule has 1 aliphatic rings. The highest BCUT2D eigenvalue weighted by Crippen LogP contribution is 2.11. The molecule has 4 nitrogen and oxygen atoms in total. The second-order valence-corrected chi connectivity index (χ2v) is 4.84. The van der Waals surface area contributed by atoms with Crippen molar-refractivity contribution in [1.29, 1.82) is 0 Å². The van der Waals surface area contributed by atoms with Crippen LogP contribution in [0, 0.1) is 0 Å². The van der Waals surface area contributed by atoms with E-state index in [0.717, 1.165) is 18.3 Å². The lowest BCUT2D eigenvalue weighted by Gasteiger charge is -2.39. The second kappa shape index (κ2) is 6.37. The second-order valence-electron chi connectivity index (χ2n) is 4.45. The molecule has 0 radical (unpaired) electrons. The molecule has 0 amide bonds. The molecule has 0 bridgehead atoms. The smallest absolute Gasteiger partial charge is 0.169 e. The third kappa shape index (κ3) is 3.88. The fourth-order valence-corrected chi connectivity index (χ4v) is 2.23. The molecule has 1 saturated heterocycles. The van der Waals surface area contributed by atoms with E-state index in [-0.39, 0.29) is 12.1 Å². The summed E-state index contributed by atoms with van der Waals surface area (Å²) in [4.78, 5) is 2.19. The molecule has 0 saturated carbocycles. The van der Waals surface area contributed by atoms with Crippen LogP contribution in [-0.2, 0) is 9.47 Å². The molecule has 1 fully saturated rings. The maximum atomic E-state index is 5.57. The average molecular weight is 246 g/mol. The third-order valence-corrected chi connectivity index (χ3v) is 3.01. The van der Waals surface area contributed by atoms with Crippen molar-refractivity contribution < 1.29 is 9.47 Å². The topological polar surface area (TPSA) is 33.7 Å². The minimum absolute atomic E-state index is 0.239. The van der Waals surface area contributed by atoms with Crippen LogP contribution in [0.15, 0.2) is 0 Å². The molecule has 1 rings (SSSR count). The first-order valence-corrected chi connectivity index (χ1v) is 6.13. The Morgan fingerprint density at radius 1 is 1.62 bits per heavy atom. The summed E-state index contributed by atoms with van der Waals surface area (Å²) in [5.74, 6) is 0. The molecule has 3 unspecified atom stereocenters. The van der Waals surface area contributed by atoms with Gasteiger partial charge in [-0.05, 0) is 33.0 Å². The number of nitrogens with zero attached hydrogens (tertiary/aromatic N) is 1. The molecule has 1 heterocycles. The molecule has 5 heteroatoms. The zero-order valence-corrected chi connectivity index (χ0v) is 11.3. The lowest BCUT2D eigenvalue weighted by molar-refractivity contribution is -0.0228. The number of methoxy groups -OCH3 is 1. The lowest BCUT2D eigenvalue weighted by atomic mass is 10.2. The number of rotatable bonds is 3. The van der Waals surface area contributed by atoms with Crippen LogP contribution < -0.4 is 5.32 Å². The summed E-state index contributed by atoms with van der Waals surface area (Å²) in [5, 5.41) is 4.08. The van der Waals surface area contributed by atoms with Crippen molar-refractivity contribution >= 4 is 17.3 Å². The predicted octanol–water partition coefficient (Wildman–Crippen LogP) is 1.01. The number of nitrogens with one attached hydrogen (secondary N) is 1. The first kappa shape index (κ1) is 13.7. The van der Waals surface area contributed by atoms with Crippen molar-refractivity contribution in [3.8, 4) is 0 Å². The molecule has 94 valence electrons. The minimum Gasteiger partial charge on any atom is -0.383 e. The summed E-state index contributed by atoms with van der Waals surface area (Å²) in [5.41, 5.74) is 0. The number of thiocarbonyl (C=S) groups is 1. The normalized spacial score (nSPS) is 27.6. The number of morpholine rings is 1. The number of ether oxygens (including phenoxy) is 2. The Balaban J connectivity index is 2.45. The van der Waals surface area contributed by atoms with Crippen LogP contribution in [0.1, 0.15) is 20.8 Å². The van der Waals surface area contributed by atoms with Gasteiger partial charge in [0.2, 0.25) is 0 Å². The molecular formula is C11H22N2O2S. The quantitative estimate of drug-likeness (QED) is 0.752. The summed E-state index contributed by atoms with van der Waals surface area (Å²) >= 11 is 5.40. The molecule has 0 spiro atoms. The van der Waals surface area contributed by atoms with Gasteiger partial charge >= 0.3 is 0 Å². The fourth-order valence-electron chi connectivity index (χ4n) is 1.77. The highest BCUT2D eigenvalue weighted by molar-refractivity contribution is 7.80. The van der Waals surface area contributed by atoms with Crippen molar-refractivity contribution in [3.63, 3.8) is 0 Å². The van der Waals surface area contributed by atoms with Crippen LogP contribution >= 0.6 is 12.2 Å². The van der Waals surface area contributed by atoms with Gasteiger partial charge in [-0.3, -0.25) is 0 Å². The predicted molar refractivity (Wildman–Crippen MR) is 68.7 cm³/mol. The van der Waals surface area contributed by atoms with Gasteiger partial charge in [0, 0.05) is 19.7 Å². The summed E-state index contributed by atoms with van der Waals surface area (Å²) in [6, 6.07) is 0.578. The van der Waals surface area contributed by atoms with Gasteiger partial charge in [0.1, 0.15) is 0 Å². The Bertz CT molecular complexity index is 238. The Labute approximate surface area is 103 Å². The van der Waals surface area contributed by atoms with Gasteiger partial charge in [0.25, 0.3) is 0 Å². The van der Waals surface area contributed by atoms with E-state index in [0.29, 0.717) is 12.6 Å². The SMILES string of the molecule is COCC(C)NC(=S)N1CC(C)OCC1C. The van der Waals surface area contributed by atoms with Crippen LogP contribution in [0.2, 0.25) is 0 Å². The minimum atomic E-state index is 0.239. The Morgan fingerprint density at radius 3 is 2.94 bits per heavy atom. The highest BCUT2D eigenvalue weighted by atomic mass is 32.1. The molecule has 3 atom stereocenters. The van der Waals surface area contributed by atoms with Crippen LogP contribution in [0.4, 0.5) is 0 Å². The van der Waals surface area contributed by atoms with Gasteiger partial charge in [-0.1, -0.05) is 0 Å². The average Bonchev–Trinajstić information content (AvgIpc) is 2.21. The van der Waals surface area contributed by atoms with Crippen LogP contribution in [0.25, 0.3) is 0 Å². The number of hydrogen-bond acceptors (Lipinski definition) is 3. The summed E-state index contributed by atoms with van der Waals surface area (Å²) < 4.78 is 10.6. The van der Waals surface area contributed by atoms with Crippen molar-refractivity contribution in [3.05, 3.63) is 0 Å². The van der Waals surface area contributed by atoms with Gasteiger partial charge < -0.3 is 19.7 Å². The zero-order chi connectivity index (χ0) is 12.1. The van der Waals surface area contributed by atoms with Crippen molar-refractivity contribution in [2.45, 2.75) is 39.0 Å². The zero-order valence-electron chi connectivity index (χ0n) is 10.5. The summed E-state index contributed by atoms with van der Waals surface area (Å²) in [7, 11) is 1.70. The van der Waals surface area contributed by atoms with Crippen LogP contribution in [0.5, 0.6) is 0 Å². The summed E-state index contributed by atoms with van der Waals surface area (Å²) in [6.45, 7) is 8.51. The fraction of sp³-hybridized carbons (Fsp3) is 0.909. The molecule has 0 aromatic heterocycles. The molecular weight excluding hydrogens is 224 g/mol. The molecule has 1 aliphatic heterocycles. The standard InChI is InChI=1S/C11H22N2O2S/c1-8(6-14-4)12-11(16)13-5-10(3)15-7-9(13)2/h8-10H,5-7H2,1-4H3,(H,12,16). The monoisotopic (exact) mass is 246 g/mol. The first-order chi connectivity index (χ1) is 7.54. The molecule has 16 heavy (non-hydrogen) atoms. The summed E-state index contributed by atoms with van der Waals surface area (Å²) in [6.07, 6.45) is 0.244. The van der Waals surface area contributed by atoms with E-state index in [1.54, 1.807) is 7.11 Å². The Hall–Kier alpha value is -0.390. The van der Waals surface area contributed by atoms with Crippen LogP contribution in [-0.4, -0.2) is 55.1 Å². The molecule has 0 aromatic carbocycles. The maximum absolute atomic E-state index is 5.57. The van der Waals surface area contributed by atoms with E-state index in [1.165, 1.54) is 0 Å². The van der Waals surface area contributed by atoms with Gasteiger partial charge in [-0.25, -0.2) is 0 Å². The lowest BCUT2D eigenvalue weighted by Crippen LogP contribution is -2.55. The van der Waals surface area contributed by atoms with E-state index in [9.17, 15) is 0 Å². The molecule has 1 N–H and O–H groups in total. The van der Waals surface area contributed by atoms with Gasteiger partial charge in [0.05, 0.1) is 25.4 Å². The van der Waals surface area contributed by atoms with Gasteiger partial charge in [0.15, 0.2) is 5.11 Å².